The monoisotopic (exact) mass is 322 g/mol. The van der Waals surface area contributed by atoms with Gasteiger partial charge in [0.15, 0.2) is 11.6 Å². The number of nitrogens with two attached hydrogens (primary N) is 1. The third-order valence-corrected chi connectivity index (χ3v) is 5.54. The van der Waals surface area contributed by atoms with Gasteiger partial charge in [-0.3, -0.25) is 4.79 Å². The minimum absolute atomic E-state index is 0.0143. The topological polar surface area (TPSA) is 46.3 Å². The number of rotatable bonds is 3. The van der Waals surface area contributed by atoms with Crippen LogP contribution in [-0.2, 0) is 11.3 Å². The summed E-state index contributed by atoms with van der Waals surface area (Å²) in [5.74, 6) is -0.724. The number of hydrogen-bond acceptors (Lipinski definition) is 2. The molecule has 2 aliphatic rings. The molecule has 23 heavy (non-hydrogen) atoms. The summed E-state index contributed by atoms with van der Waals surface area (Å²) in [6.45, 7) is 0.300. The van der Waals surface area contributed by atoms with Crippen LogP contribution in [0.3, 0.4) is 0 Å². The Kier molecular flexibility index (Phi) is 4.67. The van der Waals surface area contributed by atoms with Crippen LogP contribution in [0.25, 0.3) is 0 Å². The summed E-state index contributed by atoms with van der Waals surface area (Å²) in [6, 6.07) is 4.02. The van der Waals surface area contributed by atoms with Crippen molar-refractivity contribution in [2.24, 2.45) is 23.5 Å². The van der Waals surface area contributed by atoms with Crippen LogP contribution in [0.4, 0.5) is 8.78 Å². The average molecular weight is 322 g/mol. The summed E-state index contributed by atoms with van der Waals surface area (Å²) in [5.41, 5.74) is 6.88. The minimum Gasteiger partial charge on any atom is -0.341 e. The molecular weight excluding hydrogens is 298 g/mol. The SMILES string of the molecule is CN(Cc1ccc(F)c(F)c1)C(=O)C1CC2CCCC(C1)C2N. The van der Waals surface area contributed by atoms with E-state index in [2.05, 4.69) is 0 Å². The highest BCUT2D eigenvalue weighted by Crippen LogP contribution is 2.42. The van der Waals surface area contributed by atoms with E-state index in [0.717, 1.165) is 37.8 Å². The van der Waals surface area contributed by atoms with Crippen LogP contribution in [0.2, 0.25) is 0 Å². The third kappa shape index (κ3) is 3.39. The van der Waals surface area contributed by atoms with Gasteiger partial charge >= 0.3 is 0 Å². The Hall–Kier alpha value is -1.49. The number of hydrogen-bond donors (Lipinski definition) is 1. The third-order valence-electron chi connectivity index (χ3n) is 5.54. The van der Waals surface area contributed by atoms with E-state index in [1.165, 1.54) is 12.5 Å². The van der Waals surface area contributed by atoms with Crippen molar-refractivity contribution in [3.8, 4) is 0 Å². The standard InChI is InChI=1S/C18H24F2N2O/c1-22(10-11-5-6-15(19)16(20)7-11)18(23)14-8-12-3-2-4-13(9-14)17(12)21/h5-7,12-14,17H,2-4,8-10,21H2,1H3. The van der Waals surface area contributed by atoms with Crippen LogP contribution in [0.1, 0.15) is 37.7 Å². The number of benzene rings is 1. The number of fused-ring (bicyclic) bond motifs is 2. The van der Waals surface area contributed by atoms with E-state index in [-0.39, 0.29) is 17.9 Å². The number of amides is 1. The molecule has 0 radical (unpaired) electrons. The van der Waals surface area contributed by atoms with Crippen molar-refractivity contribution in [2.75, 3.05) is 7.05 Å². The fourth-order valence-corrected chi connectivity index (χ4v) is 4.29. The van der Waals surface area contributed by atoms with Crippen molar-refractivity contribution >= 4 is 5.91 Å². The molecule has 1 amide bonds. The number of nitrogens with zero attached hydrogens (tertiary/aromatic N) is 1. The van der Waals surface area contributed by atoms with E-state index in [1.807, 2.05) is 0 Å². The first-order valence-corrected chi connectivity index (χ1v) is 8.40. The lowest BCUT2D eigenvalue weighted by Gasteiger charge is -2.44. The first-order chi connectivity index (χ1) is 11.0. The molecule has 1 aromatic rings. The van der Waals surface area contributed by atoms with Gasteiger partial charge in [-0.05, 0) is 55.2 Å². The Bertz CT molecular complexity index is 578. The molecule has 2 saturated carbocycles. The van der Waals surface area contributed by atoms with Crippen molar-refractivity contribution in [3.05, 3.63) is 35.4 Å². The summed E-state index contributed by atoms with van der Waals surface area (Å²) in [7, 11) is 1.73. The van der Waals surface area contributed by atoms with Gasteiger partial charge in [0.25, 0.3) is 0 Å². The molecule has 0 heterocycles. The van der Waals surface area contributed by atoms with Gasteiger partial charge in [-0.25, -0.2) is 8.78 Å². The second-order valence-electron chi connectivity index (χ2n) is 7.14. The Balaban J connectivity index is 1.64. The molecule has 5 heteroatoms. The van der Waals surface area contributed by atoms with Gasteiger partial charge in [0.05, 0.1) is 0 Å². The Labute approximate surface area is 135 Å². The zero-order valence-corrected chi connectivity index (χ0v) is 13.5. The molecule has 0 spiro atoms. The highest BCUT2D eigenvalue weighted by atomic mass is 19.2. The lowest BCUT2D eigenvalue weighted by Crippen LogP contribution is -2.49. The van der Waals surface area contributed by atoms with Crippen molar-refractivity contribution in [1.82, 2.24) is 4.90 Å². The van der Waals surface area contributed by atoms with Crippen LogP contribution in [0.5, 0.6) is 0 Å². The molecule has 1 aromatic carbocycles. The van der Waals surface area contributed by atoms with Gasteiger partial charge in [0, 0.05) is 25.6 Å². The van der Waals surface area contributed by atoms with Crippen LogP contribution in [0.15, 0.2) is 18.2 Å². The molecule has 2 unspecified atom stereocenters. The molecule has 3 rings (SSSR count). The number of carbonyl (C=O) groups is 1. The minimum atomic E-state index is -0.874. The molecular formula is C18H24F2N2O. The van der Waals surface area contributed by atoms with Gasteiger partial charge in [0.2, 0.25) is 5.91 Å². The van der Waals surface area contributed by atoms with Crippen LogP contribution in [0, 0.1) is 29.4 Å². The van der Waals surface area contributed by atoms with Gasteiger partial charge in [-0.2, -0.15) is 0 Å². The summed E-state index contributed by atoms with van der Waals surface area (Å²) in [5, 5.41) is 0. The lowest BCUT2D eigenvalue weighted by atomic mass is 9.65. The average Bonchev–Trinajstić information content (AvgIpc) is 2.50. The Morgan fingerprint density at radius 1 is 1.22 bits per heavy atom. The Morgan fingerprint density at radius 2 is 1.87 bits per heavy atom. The van der Waals surface area contributed by atoms with Gasteiger partial charge in [0.1, 0.15) is 0 Å². The first kappa shape index (κ1) is 16.4. The smallest absolute Gasteiger partial charge is 0.225 e. The molecule has 2 aliphatic carbocycles. The quantitative estimate of drug-likeness (QED) is 0.929. The fraction of sp³-hybridized carbons (Fsp3) is 0.611. The molecule has 2 bridgehead atoms. The first-order valence-electron chi connectivity index (χ1n) is 8.40. The lowest BCUT2D eigenvalue weighted by molar-refractivity contribution is -0.137. The molecule has 2 atom stereocenters. The van der Waals surface area contributed by atoms with E-state index in [9.17, 15) is 13.6 Å². The van der Waals surface area contributed by atoms with Crippen molar-refractivity contribution in [3.63, 3.8) is 0 Å². The highest BCUT2D eigenvalue weighted by molar-refractivity contribution is 5.78. The second-order valence-corrected chi connectivity index (χ2v) is 7.14. The van der Waals surface area contributed by atoms with E-state index >= 15 is 0 Å². The molecule has 2 fully saturated rings. The van der Waals surface area contributed by atoms with E-state index in [1.54, 1.807) is 11.9 Å². The van der Waals surface area contributed by atoms with Crippen molar-refractivity contribution in [1.29, 1.82) is 0 Å². The fourth-order valence-electron chi connectivity index (χ4n) is 4.29. The van der Waals surface area contributed by atoms with Gasteiger partial charge in [-0.1, -0.05) is 12.5 Å². The largest absolute Gasteiger partial charge is 0.341 e. The van der Waals surface area contributed by atoms with Gasteiger partial charge in [-0.15, -0.1) is 0 Å². The summed E-state index contributed by atoms with van der Waals surface area (Å²) >= 11 is 0. The zero-order valence-electron chi connectivity index (χ0n) is 13.5. The highest BCUT2D eigenvalue weighted by Gasteiger charge is 2.41. The molecule has 3 nitrogen and oxygen atoms in total. The predicted molar refractivity (Wildman–Crippen MR) is 84.4 cm³/mol. The van der Waals surface area contributed by atoms with Gasteiger partial charge < -0.3 is 10.6 Å². The Morgan fingerprint density at radius 3 is 2.48 bits per heavy atom. The maximum atomic E-state index is 13.3. The zero-order chi connectivity index (χ0) is 16.6. The molecule has 2 N–H and O–H groups in total. The normalized spacial score (nSPS) is 30.1. The summed E-state index contributed by atoms with van der Waals surface area (Å²) in [6.07, 6.45) is 5.18. The molecule has 0 aromatic heterocycles. The maximum absolute atomic E-state index is 13.3. The molecule has 0 saturated heterocycles. The van der Waals surface area contributed by atoms with Crippen LogP contribution < -0.4 is 5.73 Å². The van der Waals surface area contributed by atoms with E-state index in [4.69, 9.17) is 5.73 Å². The van der Waals surface area contributed by atoms with Crippen LogP contribution >= 0.6 is 0 Å². The van der Waals surface area contributed by atoms with E-state index < -0.39 is 11.6 Å². The summed E-state index contributed by atoms with van der Waals surface area (Å²) < 4.78 is 26.3. The van der Waals surface area contributed by atoms with Crippen molar-refractivity contribution in [2.45, 2.75) is 44.7 Å². The summed E-state index contributed by atoms with van der Waals surface area (Å²) in [4.78, 5) is 14.3. The number of carbonyl (C=O) groups excluding carboxylic acids is 1. The maximum Gasteiger partial charge on any atom is 0.225 e. The predicted octanol–water partition coefficient (Wildman–Crippen LogP) is 3.08. The number of halogens is 2. The molecule has 0 aliphatic heterocycles. The van der Waals surface area contributed by atoms with Crippen molar-refractivity contribution < 1.29 is 13.6 Å². The van der Waals surface area contributed by atoms with Crippen LogP contribution in [-0.4, -0.2) is 23.9 Å². The molecule has 126 valence electrons. The van der Waals surface area contributed by atoms with E-state index in [0.29, 0.717) is 23.9 Å². The second kappa shape index (κ2) is 6.56.